The zero-order chi connectivity index (χ0) is 27.0. The van der Waals surface area contributed by atoms with Crippen molar-refractivity contribution in [2.75, 3.05) is 11.9 Å². The Balaban J connectivity index is 1.39. The van der Waals surface area contributed by atoms with Crippen LogP contribution in [0.2, 0.25) is 10.0 Å². The second kappa shape index (κ2) is 10.6. The van der Waals surface area contributed by atoms with Gasteiger partial charge in [0.05, 0.1) is 17.1 Å². The third-order valence-corrected chi connectivity index (χ3v) is 7.49. The molecule has 38 heavy (non-hydrogen) atoms. The van der Waals surface area contributed by atoms with Gasteiger partial charge < -0.3 is 9.88 Å². The summed E-state index contributed by atoms with van der Waals surface area (Å²) in [4.78, 5) is 38.9. The summed E-state index contributed by atoms with van der Waals surface area (Å²) in [5.74, 6) is -3.22. The number of hydrogen-bond acceptors (Lipinski definition) is 4. The topological polar surface area (TPSA) is 71.4 Å². The van der Waals surface area contributed by atoms with Crippen LogP contribution >= 0.6 is 35.0 Å². The van der Waals surface area contributed by atoms with E-state index < -0.39 is 35.2 Å². The van der Waals surface area contributed by atoms with Crippen LogP contribution in [0.25, 0.3) is 17.0 Å². The van der Waals surface area contributed by atoms with E-state index in [1.165, 1.54) is 0 Å². The van der Waals surface area contributed by atoms with Crippen molar-refractivity contribution in [3.05, 3.63) is 105 Å². The molecule has 5 rings (SSSR count). The molecule has 0 unspecified atom stereocenters. The van der Waals surface area contributed by atoms with Gasteiger partial charge in [-0.15, -0.1) is 0 Å². The SMILES string of the molecule is O=C(CN1C(=O)S/C(=C\c2cn(Cc3c(Cl)cccc3Cl)c3ccccc23)C1=O)Nc1ccc(F)cc1F. The molecule has 1 N–H and O–H groups in total. The number of thioether (sulfide) groups is 1. The summed E-state index contributed by atoms with van der Waals surface area (Å²) in [6, 6.07) is 15.5. The Morgan fingerprint density at radius 3 is 2.47 bits per heavy atom. The first-order valence-electron chi connectivity index (χ1n) is 11.2. The molecule has 3 aromatic carbocycles. The number of carbonyl (C=O) groups excluding carboxylic acids is 3. The second-order valence-corrected chi connectivity index (χ2v) is 10.2. The smallest absolute Gasteiger partial charge is 0.294 e. The van der Waals surface area contributed by atoms with Crippen LogP contribution < -0.4 is 5.32 Å². The van der Waals surface area contributed by atoms with Gasteiger partial charge in [-0.25, -0.2) is 8.78 Å². The molecule has 0 spiro atoms. The highest BCUT2D eigenvalue weighted by Crippen LogP contribution is 2.35. The number of hydrogen-bond donors (Lipinski definition) is 1. The number of anilines is 1. The number of benzene rings is 3. The highest BCUT2D eigenvalue weighted by Gasteiger charge is 2.36. The lowest BCUT2D eigenvalue weighted by Gasteiger charge is -2.12. The molecule has 1 saturated heterocycles. The molecule has 3 amide bonds. The number of amides is 3. The molecule has 0 bridgehead atoms. The van der Waals surface area contributed by atoms with E-state index in [4.69, 9.17) is 23.2 Å². The van der Waals surface area contributed by atoms with Crippen molar-refractivity contribution in [3.8, 4) is 0 Å². The van der Waals surface area contributed by atoms with Crippen molar-refractivity contribution in [2.24, 2.45) is 0 Å². The number of nitrogens with zero attached hydrogens (tertiary/aromatic N) is 2. The summed E-state index contributed by atoms with van der Waals surface area (Å²) < 4.78 is 28.9. The van der Waals surface area contributed by atoms with Crippen LogP contribution in [0.1, 0.15) is 11.1 Å². The lowest BCUT2D eigenvalue weighted by atomic mass is 10.1. The molecule has 0 radical (unpaired) electrons. The summed E-state index contributed by atoms with van der Waals surface area (Å²) in [6.45, 7) is -0.236. The summed E-state index contributed by atoms with van der Waals surface area (Å²) in [5, 5.41) is 3.50. The minimum absolute atomic E-state index is 0.134. The van der Waals surface area contributed by atoms with Gasteiger partial charge >= 0.3 is 0 Å². The molecule has 4 aromatic rings. The van der Waals surface area contributed by atoms with Crippen molar-refractivity contribution in [2.45, 2.75) is 6.54 Å². The van der Waals surface area contributed by atoms with Crippen LogP contribution in [0, 0.1) is 11.6 Å². The van der Waals surface area contributed by atoms with Gasteiger partial charge in [0, 0.05) is 44.3 Å². The van der Waals surface area contributed by atoms with E-state index >= 15 is 0 Å². The lowest BCUT2D eigenvalue weighted by molar-refractivity contribution is -0.127. The van der Waals surface area contributed by atoms with Crippen molar-refractivity contribution < 1.29 is 23.2 Å². The van der Waals surface area contributed by atoms with Crippen molar-refractivity contribution in [1.82, 2.24) is 9.47 Å². The van der Waals surface area contributed by atoms with E-state index in [0.29, 0.717) is 40.0 Å². The van der Waals surface area contributed by atoms with Gasteiger partial charge in [-0.3, -0.25) is 19.3 Å². The maximum atomic E-state index is 13.9. The Hall–Kier alpha value is -3.66. The fourth-order valence-electron chi connectivity index (χ4n) is 4.08. The minimum Gasteiger partial charge on any atom is -0.342 e. The summed E-state index contributed by atoms with van der Waals surface area (Å²) in [7, 11) is 0. The first kappa shape index (κ1) is 26.0. The van der Waals surface area contributed by atoms with Crippen molar-refractivity contribution >= 4 is 74.7 Å². The molecule has 0 saturated carbocycles. The van der Waals surface area contributed by atoms with Crippen LogP contribution in [-0.4, -0.2) is 33.1 Å². The number of carbonyl (C=O) groups is 3. The molecule has 1 aliphatic heterocycles. The second-order valence-electron chi connectivity index (χ2n) is 8.37. The molecule has 11 heteroatoms. The molecular formula is C27H17Cl2F2N3O3S. The molecule has 1 fully saturated rings. The van der Waals surface area contributed by atoms with E-state index in [0.717, 1.165) is 33.5 Å². The van der Waals surface area contributed by atoms with Gasteiger partial charge in [0.15, 0.2) is 0 Å². The van der Waals surface area contributed by atoms with Gasteiger partial charge in [-0.05, 0) is 48.2 Å². The molecule has 6 nitrogen and oxygen atoms in total. The normalized spacial score (nSPS) is 14.6. The van der Waals surface area contributed by atoms with Crippen LogP contribution in [-0.2, 0) is 16.1 Å². The summed E-state index contributed by atoms with van der Waals surface area (Å²) >= 11 is 13.4. The number of nitrogens with one attached hydrogen (secondary N) is 1. The lowest BCUT2D eigenvalue weighted by Crippen LogP contribution is -2.36. The Bertz CT molecular complexity index is 1630. The molecule has 2 heterocycles. The fourth-order valence-corrected chi connectivity index (χ4v) is 5.42. The molecule has 1 aliphatic rings. The minimum atomic E-state index is -0.971. The van der Waals surface area contributed by atoms with Gasteiger partial charge in [0.1, 0.15) is 18.2 Å². The Labute approximate surface area is 229 Å². The van der Waals surface area contributed by atoms with Crippen molar-refractivity contribution in [1.29, 1.82) is 0 Å². The van der Waals surface area contributed by atoms with Gasteiger partial charge in [0.25, 0.3) is 11.1 Å². The van der Waals surface area contributed by atoms with Gasteiger partial charge in [-0.1, -0.05) is 47.5 Å². The molecule has 1 aromatic heterocycles. The highest BCUT2D eigenvalue weighted by molar-refractivity contribution is 8.18. The van der Waals surface area contributed by atoms with Crippen LogP contribution in [0.5, 0.6) is 0 Å². The van der Waals surface area contributed by atoms with Crippen LogP contribution in [0.3, 0.4) is 0 Å². The first-order chi connectivity index (χ1) is 18.2. The van der Waals surface area contributed by atoms with Crippen LogP contribution in [0.15, 0.2) is 71.8 Å². The zero-order valence-corrected chi connectivity index (χ0v) is 21.7. The average Bonchev–Trinajstić information content (AvgIpc) is 3.35. The van der Waals surface area contributed by atoms with E-state index in [9.17, 15) is 23.2 Å². The molecule has 192 valence electrons. The van der Waals surface area contributed by atoms with E-state index in [1.54, 1.807) is 24.3 Å². The quantitative estimate of drug-likeness (QED) is 0.254. The third kappa shape index (κ3) is 5.18. The summed E-state index contributed by atoms with van der Waals surface area (Å²) in [6.07, 6.45) is 3.43. The number of aromatic nitrogens is 1. The molecule has 0 aliphatic carbocycles. The zero-order valence-electron chi connectivity index (χ0n) is 19.4. The van der Waals surface area contributed by atoms with E-state index in [-0.39, 0.29) is 10.6 Å². The number of para-hydroxylation sites is 1. The predicted molar refractivity (Wildman–Crippen MR) is 145 cm³/mol. The maximum Gasteiger partial charge on any atom is 0.294 e. The van der Waals surface area contributed by atoms with Crippen LogP contribution in [0.4, 0.5) is 19.3 Å². The Morgan fingerprint density at radius 2 is 1.74 bits per heavy atom. The van der Waals surface area contributed by atoms with Gasteiger partial charge in [-0.2, -0.15) is 0 Å². The van der Waals surface area contributed by atoms with E-state index in [2.05, 4.69) is 5.32 Å². The monoisotopic (exact) mass is 571 g/mol. The van der Waals surface area contributed by atoms with Gasteiger partial charge in [0.2, 0.25) is 5.91 Å². The average molecular weight is 572 g/mol. The Morgan fingerprint density at radius 1 is 1.00 bits per heavy atom. The number of rotatable bonds is 6. The number of fused-ring (bicyclic) bond motifs is 1. The summed E-state index contributed by atoms with van der Waals surface area (Å²) in [5.41, 5.74) is 2.04. The molecule has 0 atom stereocenters. The first-order valence-corrected chi connectivity index (χ1v) is 12.8. The number of imide groups is 1. The maximum absolute atomic E-state index is 13.9. The molecular weight excluding hydrogens is 555 g/mol. The van der Waals surface area contributed by atoms with E-state index in [1.807, 2.05) is 35.0 Å². The van der Waals surface area contributed by atoms with Crippen molar-refractivity contribution in [3.63, 3.8) is 0 Å². The number of halogens is 4. The largest absolute Gasteiger partial charge is 0.342 e. The standard InChI is InChI=1S/C27H17Cl2F2N3O3S/c28-19-5-3-6-20(29)18(19)13-33-12-15(17-4-1-2-7-23(17)33)10-24-26(36)34(27(37)38-24)14-25(35)32-22-9-8-16(30)11-21(22)31/h1-12H,13-14H2,(H,32,35)/b24-10-. The predicted octanol–water partition coefficient (Wildman–Crippen LogP) is 6.95. The third-order valence-electron chi connectivity index (χ3n) is 5.88. The highest BCUT2D eigenvalue weighted by atomic mass is 35.5. The fraction of sp³-hybridized carbons (Fsp3) is 0.0741. The Kier molecular flexibility index (Phi) is 7.25.